The minimum absolute atomic E-state index is 0.277. The largest absolute Gasteiger partial charge is 0.491 e. The third kappa shape index (κ3) is 2.66. The van der Waals surface area contributed by atoms with Crippen LogP contribution in [0.3, 0.4) is 0 Å². The maximum Gasteiger partial charge on any atom is 0.167 e. The van der Waals surface area contributed by atoms with E-state index in [0.29, 0.717) is 18.3 Å². The molecule has 1 aromatic rings. The first-order valence-electron chi connectivity index (χ1n) is 6.16. The fourth-order valence-electron chi connectivity index (χ4n) is 2.15. The van der Waals surface area contributed by atoms with E-state index < -0.39 is 5.82 Å². The molecule has 0 bridgehead atoms. The van der Waals surface area contributed by atoms with E-state index in [1.165, 1.54) is 11.8 Å². The molecule has 1 fully saturated rings. The molecule has 0 amide bonds. The third-order valence-corrected chi connectivity index (χ3v) is 4.36. The van der Waals surface area contributed by atoms with Gasteiger partial charge in [0.1, 0.15) is 0 Å². The molecule has 18 heavy (non-hydrogen) atoms. The maximum absolute atomic E-state index is 13.6. The van der Waals surface area contributed by atoms with Gasteiger partial charge in [-0.1, -0.05) is 0 Å². The van der Waals surface area contributed by atoms with Gasteiger partial charge in [0.2, 0.25) is 0 Å². The van der Waals surface area contributed by atoms with Crippen molar-refractivity contribution in [1.82, 2.24) is 0 Å². The molecule has 0 radical (unpaired) electrons. The van der Waals surface area contributed by atoms with Gasteiger partial charge in [-0.25, -0.2) is 4.39 Å². The first-order chi connectivity index (χ1) is 8.63. The average Bonchev–Trinajstić information content (AvgIpc) is 2.85. The molecule has 1 aromatic carbocycles. The zero-order chi connectivity index (χ0) is 13.1. The van der Waals surface area contributed by atoms with Crippen LogP contribution in [0.5, 0.6) is 5.75 Å². The SMILES string of the molecule is CCOc1cc(N(C)C2CCSC2)c(N)cc1F. The summed E-state index contributed by atoms with van der Waals surface area (Å²) in [5.41, 5.74) is 7.23. The van der Waals surface area contributed by atoms with Crippen molar-refractivity contribution >= 4 is 23.1 Å². The van der Waals surface area contributed by atoms with Gasteiger partial charge in [0.25, 0.3) is 0 Å². The topological polar surface area (TPSA) is 38.5 Å². The van der Waals surface area contributed by atoms with E-state index >= 15 is 0 Å². The van der Waals surface area contributed by atoms with Crippen LogP contribution < -0.4 is 15.4 Å². The Morgan fingerprint density at radius 3 is 2.94 bits per heavy atom. The van der Waals surface area contributed by atoms with Crippen LogP contribution in [0.4, 0.5) is 15.8 Å². The van der Waals surface area contributed by atoms with Crippen molar-refractivity contribution in [2.24, 2.45) is 0 Å². The van der Waals surface area contributed by atoms with Crippen LogP contribution in [0.2, 0.25) is 0 Å². The highest BCUT2D eigenvalue weighted by Gasteiger charge is 2.22. The highest BCUT2D eigenvalue weighted by atomic mass is 32.2. The summed E-state index contributed by atoms with van der Waals surface area (Å²) in [7, 11) is 2.01. The molecule has 1 heterocycles. The molecule has 1 aliphatic heterocycles. The molecule has 0 aliphatic carbocycles. The van der Waals surface area contributed by atoms with Crippen molar-refractivity contribution in [2.45, 2.75) is 19.4 Å². The number of nitrogens with two attached hydrogens (primary N) is 1. The molecule has 5 heteroatoms. The average molecular weight is 270 g/mol. The van der Waals surface area contributed by atoms with Gasteiger partial charge in [0, 0.05) is 31.0 Å². The van der Waals surface area contributed by atoms with Crippen LogP contribution in [0.15, 0.2) is 12.1 Å². The molecule has 1 atom stereocenters. The predicted octanol–water partition coefficient (Wildman–Crippen LogP) is 2.75. The van der Waals surface area contributed by atoms with Crippen molar-refractivity contribution in [3.63, 3.8) is 0 Å². The van der Waals surface area contributed by atoms with E-state index in [0.717, 1.165) is 17.9 Å². The number of rotatable bonds is 4. The van der Waals surface area contributed by atoms with Crippen molar-refractivity contribution < 1.29 is 9.13 Å². The van der Waals surface area contributed by atoms with Gasteiger partial charge in [-0.3, -0.25) is 0 Å². The second-order valence-corrected chi connectivity index (χ2v) is 5.55. The molecular weight excluding hydrogens is 251 g/mol. The molecule has 2 N–H and O–H groups in total. The van der Waals surface area contributed by atoms with Gasteiger partial charge in [-0.2, -0.15) is 11.8 Å². The molecule has 0 aromatic heterocycles. The standard InChI is InChI=1S/C13H19FN2OS/c1-3-17-13-7-12(11(15)6-10(13)14)16(2)9-4-5-18-8-9/h6-7,9H,3-5,8,15H2,1-2H3. The van der Waals surface area contributed by atoms with E-state index in [9.17, 15) is 4.39 Å². The highest BCUT2D eigenvalue weighted by Crippen LogP contribution is 2.34. The lowest BCUT2D eigenvalue weighted by molar-refractivity contribution is 0.321. The Kier molecular flexibility index (Phi) is 4.22. The first-order valence-corrected chi connectivity index (χ1v) is 7.31. The zero-order valence-electron chi connectivity index (χ0n) is 10.8. The quantitative estimate of drug-likeness (QED) is 0.854. The fourth-order valence-corrected chi connectivity index (χ4v) is 3.42. The molecule has 2 rings (SSSR count). The Morgan fingerprint density at radius 1 is 1.56 bits per heavy atom. The molecule has 100 valence electrons. The maximum atomic E-state index is 13.6. The lowest BCUT2D eigenvalue weighted by atomic mass is 10.1. The minimum atomic E-state index is -0.396. The predicted molar refractivity (Wildman–Crippen MR) is 76.1 cm³/mol. The Morgan fingerprint density at radius 2 is 2.33 bits per heavy atom. The van der Waals surface area contributed by atoms with Crippen molar-refractivity contribution in [3.05, 3.63) is 17.9 Å². The van der Waals surface area contributed by atoms with Gasteiger partial charge in [-0.15, -0.1) is 0 Å². The summed E-state index contributed by atoms with van der Waals surface area (Å²) in [5, 5.41) is 0. The first kappa shape index (κ1) is 13.3. The Labute approximate surface area is 111 Å². The molecular formula is C13H19FN2OS. The van der Waals surface area contributed by atoms with Crippen LogP contribution >= 0.6 is 11.8 Å². The van der Waals surface area contributed by atoms with Gasteiger partial charge >= 0.3 is 0 Å². The van der Waals surface area contributed by atoms with E-state index in [2.05, 4.69) is 4.90 Å². The van der Waals surface area contributed by atoms with Crippen molar-refractivity contribution in [1.29, 1.82) is 0 Å². The number of hydrogen-bond acceptors (Lipinski definition) is 4. The smallest absolute Gasteiger partial charge is 0.167 e. The minimum Gasteiger partial charge on any atom is -0.491 e. The van der Waals surface area contributed by atoms with Crippen molar-refractivity contribution in [3.8, 4) is 5.75 Å². The number of thioether (sulfide) groups is 1. The number of anilines is 2. The van der Waals surface area contributed by atoms with Gasteiger partial charge < -0.3 is 15.4 Å². The summed E-state index contributed by atoms with van der Waals surface area (Å²) in [4.78, 5) is 2.14. The number of halogens is 1. The summed E-state index contributed by atoms with van der Waals surface area (Å²) in [6, 6.07) is 3.52. The zero-order valence-corrected chi connectivity index (χ0v) is 11.6. The number of nitrogens with zero attached hydrogens (tertiary/aromatic N) is 1. The molecule has 1 saturated heterocycles. The van der Waals surface area contributed by atoms with Crippen LogP contribution in [0.1, 0.15) is 13.3 Å². The van der Waals surface area contributed by atoms with Crippen LogP contribution in [-0.4, -0.2) is 31.2 Å². The summed E-state index contributed by atoms with van der Waals surface area (Å²) in [6.07, 6.45) is 1.14. The van der Waals surface area contributed by atoms with Gasteiger partial charge in [0.15, 0.2) is 11.6 Å². The molecule has 1 unspecified atom stereocenters. The van der Waals surface area contributed by atoms with Crippen LogP contribution in [-0.2, 0) is 0 Å². The Hall–Kier alpha value is -1.10. The molecule has 1 aliphatic rings. The number of hydrogen-bond donors (Lipinski definition) is 1. The summed E-state index contributed by atoms with van der Waals surface area (Å²) in [6.45, 7) is 2.29. The molecule has 0 saturated carbocycles. The third-order valence-electron chi connectivity index (χ3n) is 3.21. The van der Waals surface area contributed by atoms with Gasteiger partial charge in [-0.05, 0) is 19.1 Å². The normalized spacial score (nSPS) is 18.9. The van der Waals surface area contributed by atoms with E-state index in [1.54, 1.807) is 6.07 Å². The summed E-state index contributed by atoms with van der Waals surface area (Å²) < 4.78 is 18.9. The van der Waals surface area contributed by atoms with Crippen LogP contribution in [0.25, 0.3) is 0 Å². The Balaban J connectivity index is 2.27. The second kappa shape index (κ2) is 5.69. The monoisotopic (exact) mass is 270 g/mol. The summed E-state index contributed by atoms with van der Waals surface area (Å²) in [5.74, 6) is 2.15. The Bertz CT molecular complexity index is 422. The van der Waals surface area contributed by atoms with E-state index in [-0.39, 0.29) is 5.75 Å². The molecule has 3 nitrogen and oxygen atoms in total. The highest BCUT2D eigenvalue weighted by molar-refractivity contribution is 7.99. The molecule has 0 spiro atoms. The number of ether oxygens (including phenoxy) is 1. The van der Waals surface area contributed by atoms with Gasteiger partial charge in [0.05, 0.1) is 18.0 Å². The lowest BCUT2D eigenvalue weighted by Gasteiger charge is -2.27. The summed E-state index contributed by atoms with van der Waals surface area (Å²) >= 11 is 1.94. The number of nitrogen functional groups attached to an aromatic ring is 1. The number of benzene rings is 1. The lowest BCUT2D eigenvalue weighted by Crippen LogP contribution is -2.31. The van der Waals surface area contributed by atoms with Crippen molar-refractivity contribution in [2.75, 3.05) is 35.8 Å². The van der Waals surface area contributed by atoms with Crippen LogP contribution in [0, 0.1) is 5.82 Å². The van der Waals surface area contributed by atoms with E-state index in [1.807, 2.05) is 25.7 Å². The second-order valence-electron chi connectivity index (χ2n) is 4.40. The van der Waals surface area contributed by atoms with E-state index in [4.69, 9.17) is 10.5 Å². The fraction of sp³-hybridized carbons (Fsp3) is 0.538.